The van der Waals surface area contributed by atoms with Gasteiger partial charge in [-0.1, -0.05) is 42.1 Å². The summed E-state index contributed by atoms with van der Waals surface area (Å²) in [5.41, 5.74) is 5.30. The van der Waals surface area contributed by atoms with Gasteiger partial charge in [-0.15, -0.1) is 10.2 Å². The molecular formula is C27H26FN5O4S. The summed E-state index contributed by atoms with van der Waals surface area (Å²) in [7, 11) is 4.63. The molecule has 0 saturated carbocycles. The molecule has 1 heterocycles. The van der Waals surface area contributed by atoms with Crippen LogP contribution in [0.3, 0.4) is 0 Å². The summed E-state index contributed by atoms with van der Waals surface area (Å²) in [5, 5.41) is 13.4. The van der Waals surface area contributed by atoms with Gasteiger partial charge in [0.05, 0.1) is 32.8 Å². The molecule has 3 aromatic carbocycles. The Morgan fingerprint density at radius 1 is 0.974 bits per heavy atom. The number of halogens is 1. The molecule has 38 heavy (non-hydrogen) atoms. The molecule has 4 rings (SSSR count). The lowest BCUT2D eigenvalue weighted by molar-refractivity contribution is -0.118. The maximum atomic E-state index is 13.2. The standard InChI is InChI=1S/C27H26FN5O4S/c1-17(18-10-12-20(28)13-11-18)29-30-24(34)16-38-27-32-31-26(33(27)21-8-6-5-7-9-21)19-14-22(35-2)25(37-4)23(15-19)36-3/h5-15H,16H2,1-4H3,(H,30,34)/b29-17-. The second-order valence-electron chi connectivity index (χ2n) is 7.92. The van der Waals surface area contributed by atoms with E-state index in [1.165, 1.54) is 31.0 Å². The Hall–Kier alpha value is -4.38. The highest BCUT2D eigenvalue weighted by Crippen LogP contribution is 2.41. The van der Waals surface area contributed by atoms with Crippen molar-refractivity contribution in [2.75, 3.05) is 27.1 Å². The molecule has 0 radical (unpaired) electrons. The first kappa shape index (κ1) is 26.7. The normalized spacial score (nSPS) is 11.2. The molecule has 0 fully saturated rings. The third kappa shape index (κ3) is 5.94. The van der Waals surface area contributed by atoms with Crippen LogP contribution in [0, 0.1) is 5.82 Å². The number of nitrogens with one attached hydrogen (secondary N) is 1. The number of hydrogen-bond acceptors (Lipinski definition) is 8. The van der Waals surface area contributed by atoms with Crippen molar-refractivity contribution in [1.29, 1.82) is 0 Å². The van der Waals surface area contributed by atoms with Crippen molar-refractivity contribution in [3.8, 4) is 34.3 Å². The summed E-state index contributed by atoms with van der Waals surface area (Å²) in [5.74, 6) is 1.33. The predicted octanol–water partition coefficient (Wildman–Crippen LogP) is 4.73. The third-order valence-electron chi connectivity index (χ3n) is 5.51. The fraction of sp³-hybridized carbons (Fsp3) is 0.185. The Kier molecular flexibility index (Phi) is 8.59. The van der Waals surface area contributed by atoms with Crippen molar-refractivity contribution in [2.45, 2.75) is 12.1 Å². The number of thioether (sulfide) groups is 1. The van der Waals surface area contributed by atoms with E-state index in [9.17, 15) is 9.18 Å². The fourth-order valence-electron chi connectivity index (χ4n) is 3.63. The number of benzene rings is 3. The van der Waals surface area contributed by atoms with E-state index in [2.05, 4.69) is 20.7 Å². The Morgan fingerprint density at radius 3 is 2.24 bits per heavy atom. The molecule has 1 aromatic heterocycles. The van der Waals surface area contributed by atoms with E-state index in [0.717, 1.165) is 5.69 Å². The first-order valence-corrected chi connectivity index (χ1v) is 12.5. The van der Waals surface area contributed by atoms with E-state index in [-0.39, 0.29) is 17.5 Å². The summed E-state index contributed by atoms with van der Waals surface area (Å²) in [6.07, 6.45) is 0. The molecule has 11 heteroatoms. The average Bonchev–Trinajstić information content (AvgIpc) is 3.38. The first-order valence-electron chi connectivity index (χ1n) is 11.5. The van der Waals surface area contributed by atoms with Crippen LogP contribution in [0.25, 0.3) is 17.1 Å². The van der Waals surface area contributed by atoms with E-state index in [0.29, 0.717) is 45.1 Å². The Bertz CT molecular complexity index is 1420. The predicted molar refractivity (Wildman–Crippen MR) is 144 cm³/mol. The summed E-state index contributed by atoms with van der Waals surface area (Å²) in [6, 6.07) is 19.0. The van der Waals surface area contributed by atoms with Crippen LogP contribution >= 0.6 is 11.8 Å². The summed E-state index contributed by atoms with van der Waals surface area (Å²) in [4.78, 5) is 12.6. The number of methoxy groups -OCH3 is 3. The van der Waals surface area contributed by atoms with Gasteiger partial charge < -0.3 is 14.2 Å². The quantitative estimate of drug-likeness (QED) is 0.178. The summed E-state index contributed by atoms with van der Waals surface area (Å²) >= 11 is 1.21. The average molecular weight is 536 g/mol. The van der Waals surface area contributed by atoms with Crippen LogP contribution in [0.1, 0.15) is 12.5 Å². The molecule has 0 spiro atoms. The molecule has 196 valence electrons. The molecule has 0 unspecified atom stereocenters. The Morgan fingerprint density at radius 2 is 1.63 bits per heavy atom. The van der Waals surface area contributed by atoms with Gasteiger partial charge in [0.1, 0.15) is 5.82 Å². The van der Waals surface area contributed by atoms with Gasteiger partial charge in [0.15, 0.2) is 22.5 Å². The van der Waals surface area contributed by atoms with Crippen molar-refractivity contribution in [2.24, 2.45) is 5.10 Å². The van der Waals surface area contributed by atoms with E-state index in [1.54, 1.807) is 45.4 Å². The molecule has 0 atom stereocenters. The van der Waals surface area contributed by atoms with Crippen LogP contribution in [0.2, 0.25) is 0 Å². The Labute approximate surface area is 223 Å². The molecule has 0 saturated heterocycles. The van der Waals surface area contributed by atoms with E-state index in [1.807, 2.05) is 34.9 Å². The van der Waals surface area contributed by atoms with Crippen LogP contribution in [0.15, 0.2) is 77.0 Å². The third-order valence-corrected chi connectivity index (χ3v) is 6.44. The largest absolute Gasteiger partial charge is 0.493 e. The van der Waals surface area contributed by atoms with Crippen LogP contribution < -0.4 is 19.6 Å². The molecule has 1 amide bonds. The molecule has 9 nitrogen and oxygen atoms in total. The van der Waals surface area contributed by atoms with Gasteiger partial charge in [-0.3, -0.25) is 9.36 Å². The highest BCUT2D eigenvalue weighted by Gasteiger charge is 2.21. The van der Waals surface area contributed by atoms with E-state index in [4.69, 9.17) is 14.2 Å². The van der Waals surface area contributed by atoms with Gasteiger partial charge in [-0.25, -0.2) is 9.82 Å². The van der Waals surface area contributed by atoms with Crippen molar-refractivity contribution >= 4 is 23.4 Å². The highest BCUT2D eigenvalue weighted by molar-refractivity contribution is 7.99. The number of rotatable bonds is 10. The van der Waals surface area contributed by atoms with Crippen LogP contribution in [-0.2, 0) is 4.79 Å². The SMILES string of the molecule is COc1cc(-c2nnc(SCC(=O)N/N=C(/C)c3ccc(F)cc3)n2-c2ccccc2)cc(OC)c1OC. The minimum absolute atomic E-state index is 0.0421. The van der Waals surface area contributed by atoms with E-state index >= 15 is 0 Å². The van der Waals surface area contributed by atoms with E-state index < -0.39 is 0 Å². The molecule has 4 aromatic rings. The maximum Gasteiger partial charge on any atom is 0.250 e. The van der Waals surface area contributed by atoms with Gasteiger partial charge in [-0.05, 0) is 48.9 Å². The maximum absolute atomic E-state index is 13.2. The lowest BCUT2D eigenvalue weighted by Gasteiger charge is -2.15. The number of amides is 1. The first-order chi connectivity index (χ1) is 18.4. The van der Waals surface area contributed by atoms with Gasteiger partial charge in [0.25, 0.3) is 5.91 Å². The number of hydrazone groups is 1. The number of ether oxygens (including phenoxy) is 3. The molecule has 0 bridgehead atoms. The zero-order valence-corrected chi connectivity index (χ0v) is 22.1. The highest BCUT2D eigenvalue weighted by atomic mass is 32.2. The van der Waals surface area contributed by atoms with Crippen molar-refractivity contribution in [3.05, 3.63) is 78.1 Å². The molecular weight excluding hydrogens is 509 g/mol. The van der Waals surface area contributed by atoms with Crippen LogP contribution in [0.4, 0.5) is 4.39 Å². The number of hydrogen-bond donors (Lipinski definition) is 1. The van der Waals surface area contributed by atoms with Crippen molar-refractivity contribution < 1.29 is 23.4 Å². The number of para-hydroxylation sites is 1. The van der Waals surface area contributed by atoms with Gasteiger partial charge in [0.2, 0.25) is 5.75 Å². The molecule has 0 aliphatic heterocycles. The monoisotopic (exact) mass is 535 g/mol. The number of nitrogens with zero attached hydrogens (tertiary/aromatic N) is 4. The number of carbonyl (C=O) groups excluding carboxylic acids is 1. The zero-order valence-electron chi connectivity index (χ0n) is 21.3. The zero-order chi connectivity index (χ0) is 27.1. The topological polar surface area (TPSA) is 99.9 Å². The summed E-state index contributed by atoms with van der Waals surface area (Å²) < 4.78 is 31.5. The molecule has 1 N–H and O–H groups in total. The van der Waals surface area contributed by atoms with Crippen molar-refractivity contribution in [1.82, 2.24) is 20.2 Å². The van der Waals surface area contributed by atoms with Crippen LogP contribution in [0.5, 0.6) is 17.2 Å². The minimum Gasteiger partial charge on any atom is -0.493 e. The molecule has 0 aliphatic carbocycles. The number of aromatic nitrogens is 3. The van der Waals surface area contributed by atoms with Crippen LogP contribution in [-0.4, -0.2) is 53.5 Å². The Balaban J connectivity index is 1.60. The van der Waals surface area contributed by atoms with Gasteiger partial charge in [0, 0.05) is 11.3 Å². The summed E-state index contributed by atoms with van der Waals surface area (Å²) in [6.45, 7) is 1.73. The smallest absolute Gasteiger partial charge is 0.250 e. The second kappa shape index (κ2) is 12.2. The number of carbonyl (C=O) groups is 1. The molecule has 0 aliphatic rings. The second-order valence-corrected chi connectivity index (χ2v) is 8.86. The lowest BCUT2D eigenvalue weighted by atomic mass is 10.1. The van der Waals surface area contributed by atoms with Gasteiger partial charge in [-0.2, -0.15) is 5.10 Å². The minimum atomic E-state index is -0.338. The lowest BCUT2D eigenvalue weighted by Crippen LogP contribution is -2.21. The van der Waals surface area contributed by atoms with Gasteiger partial charge >= 0.3 is 0 Å². The van der Waals surface area contributed by atoms with Crippen molar-refractivity contribution in [3.63, 3.8) is 0 Å². The fourth-order valence-corrected chi connectivity index (χ4v) is 4.38.